The molecule has 5 nitrogen and oxygen atoms in total. The maximum atomic E-state index is 11.6. The van der Waals surface area contributed by atoms with Gasteiger partial charge in [0.2, 0.25) is 0 Å². The van der Waals surface area contributed by atoms with E-state index >= 15 is 0 Å². The first-order valence-electron chi connectivity index (χ1n) is 6.19. The third-order valence-electron chi connectivity index (χ3n) is 3.18. The Morgan fingerprint density at radius 2 is 2.05 bits per heavy atom. The van der Waals surface area contributed by atoms with Gasteiger partial charge in [-0.25, -0.2) is 4.79 Å². The molecule has 102 valence electrons. The average Bonchev–Trinajstić information content (AvgIpc) is 2.32. The summed E-state index contributed by atoms with van der Waals surface area (Å²) in [5.41, 5.74) is 1.57. The molecule has 1 aromatic heterocycles. The lowest BCUT2D eigenvalue weighted by Gasteiger charge is -2.13. The molecule has 0 aliphatic heterocycles. The van der Waals surface area contributed by atoms with E-state index in [2.05, 4.69) is 0 Å². The number of aliphatic hydroxyl groups excluding tert-OH is 1. The Kier molecular flexibility index (Phi) is 3.87. The van der Waals surface area contributed by atoms with Gasteiger partial charge < -0.3 is 19.5 Å². The Balaban J connectivity index is 2.53. The molecular formula is C14H18NO4+. The normalized spacial score (nSPS) is 12.8. The van der Waals surface area contributed by atoms with Crippen LogP contribution in [0.5, 0.6) is 5.75 Å². The molecule has 5 heteroatoms. The molecule has 19 heavy (non-hydrogen) atoms. The quantitative estimate of drug-likeness (QED) is 0.669. The first-order valence-corrected chi connectivity index (χ1v) is 6.19. The number of rotatable bonds is 4. The third kappa shape index (κ3) is 2.94. The Morgan fingerprint density at radius 1 is 1.32 bits per heavy atom. The number of aliphatic hydroxyl groups is 1. The van der Waals surface area contributed by atoms with Gasteiger partial charge in [0.15, 0.2) is 0 Å². The molecule has 1 heterocycles. The number of benzene rings is 1. The molecule has 0 saturated carbocycles. The number of aryl methyl sites for hydroxylation is 1. The van der Waals surface area contributed by atoms with Crippen molar-refractivity contribution < 1.29 is 19.5 Å². The van der Waals surface area contributed by atoms with Crippen LogP contribution in [0.4, 0.5) is 0 Å². The van der Waals surface area contributed by atoms with Gasteiger partial charge in [-0.3, -0.25) is 0 Å². The van der Waals surface area contributed by atoms with Crippen LogP contribution < -0.4 is 10.5 Å². The highest BCUT2D eigenvalue weighted by molar-refractivity contribution is 5.82. The van der Waals surface area contributed by atoms with Gasteiger partial charge >= 0.3 is 5.63 Å². The summed E-state index contributed by atoms with van der Waals surface area (Å²) < 4.78 is 5.15. The number of phenolic OH excluding ortho intramolecular Hbond substituents is 1. The van der Waals surface area contributed by atoms with Crippen molar-refractivity contribution in [1.29, 1.82) is 0 Å². The van der Waals surface area contributed by atoms with Crippen LogP contribution in [0.25, 0.3) is 11.0 Å². The molecule has 2 rings (SSSR count). The fourth-order valence-corrected chi connectivity index (χ4v) is 2.11. The van der Waals surface area contributed by atoms with E-state index in [0.29, 0.717) is 24.2 Å². The lowest BCUT2D eigenvalue weighted by molar-refractivity contribution is -0.893. The first kappa shape index (κ1) is 13.6. The molecule has 1 unspecified atom stereocenters. The van der Waals surface area contributed by atoms with E-state index in [9.17, 15) is 9.90 Å². The van der Waals surface area contributed by atoms with Crippen molar-refractivity contribution in [2.24, 2.45) is 0 Å². The molecule has 0 saturated heterocycles. The van der Waals surface area contributed by atoms with Crippen molar-refractivity contribution in [1.82, 2.24) is 0 Å². The second kappa shape index (κ2) is 5.42. The molecule has 0 aliphatic rings. The largest absolute Gasteiger partial charge is 0.508 e. The number of hydrogen-bond donors (Lipinski definition) is 3. The number of quaternary nitrogens is 1. The summed E-state index contributed by atoms with van der Waals surface area (Å²) >= 11 is 0. The van der Waals surface area contributed by atoms with Crippen molar-refractivity contribution in [3.05, 3.63) is 39.7 Å². The van der Waals surface area contributed by atoms with Crippen LogP contribution in [0, 0.1) is 6.92 Å². The average molecular weight is 264 g/mol. The van der Waals surface area contributed by atoms with E-state index < -0.39 is 5.63 Å². The van der Waals surface area contributed by atoms with Crippen molar-refractivity contribution in [3.63, 3.8) is 0 Å². The topological polar surface area (TPSA) is 75.1 Å². The van der Waals surface area contributed by atoms with E-state index in [0.717, 1.165) is 15.8 Å². The summed E-state index contributed by atoms with van der Waals surface area (Å²) in [6.07, 6.45) is 0. The number of hydrogen-bond acceptors (Lipinski definition) is 4. The van der Waals surface area contributed by atoms with Crippen LogP contribution in [-0.2, 0) is 6.54 Å². The molecule has 0 fully saturated rings. The summed E-state index contributed by atoms with van der Waals surface area (Å²) in [6.45, 7) is 3.03. The molecule has 3 N–H and O–H groups in total. The molecule has 0 radical (unpaired) electrons. The molecule has 2 aromatic rings. The summed E-state index contributed by atoms with van der Waals surface area (Å²) in [6, 6.07) is 4.73. The van der Waals surface area contributed by atoms with Crippen molar-refractivity contribution in [3.8, 4) is 5.75 Å². The second-order valence-electron chi connectivity index (χ2n) is 4.83. The zero-order valence-corrected chi connectivity index (χ0v) is 11.1. The second-order valence-corrected chi connectivity index (χ2v) is 4.83. The number of likely N-dealkylation sites (N-methyl/N-ethyl adjacent to an activating group) is 1. The number of nitrogens with one attached hydrogen (secondary N) is 1. The minimum absolute atomic E-state index is 0.0928. The van der Waals surface area contributed by atoms with E-state index in [1.54, 1.807) is 19.1 Å². The molecule has 0 bridgehead atoms. The summed E-state index contributed by atoms with van der Waals surface area (Å²) in [4.78, 5) is 12.6. The Bertz CT molecular complexity index is 648. The van der Waals surface area contributed by atoms with Gasteiger partial charge in [0.1, 0.15) is 24.4 Å². The molecule has 1 aromatic carbocycles. The Morgan fingerprint density at radius 3 is 2.74 bits per heavy atom. The standard InChI is InChI=1S/C14H17NO4/c1-9-5-13-11(7-12(9)17)10(6-14(18)19-13)8-15(2)3-4-16/h5-7,16-17H,3-4,8H2,1-2H3/p+1. The monoisotopic (exact) mass is 264 g/mol. The van der Waals surface area contributed by atoms with Crippen LogP contribution in [0.3, 0.4) is 0 Å². The highest BCUT2D eigenvalue weighted by Crippen LogP contribution is 2.25. The zero-order chi connectivity index (χ0) is 14.0. The van der Waals surface area contributed by atoms with Crippen LogP contribution in [-0.4, -0.2) is 30.4 Å². The van der Waals surface area contributed by atoms with Gasteiger partial charge in [0.05, 0.1) is 13.7 Å². The van der Waals surface area contributed by atoms with Crippen LogP contribution in [0.15, 0.2) is 27.4 Å². The maximum absolute atomic E-state index is 11.6. The van der Waals surface area contributed by atoms with Crippen LogP contribution in [0.2, 0.25) is 0 Å². The van der Waals surface area contributed by atoms with Crippen LogP contribution in [0.1, 0.15) is 11.1 Å². The van der Waals surface area contributed by atoms with Gasteiger partial charge in [0.25, 0.3) is 0 Å². The van der Waals surface area contributed by atoms with Crippen molar-refractivity contribution >= 4 is 11.0 Å². The van der Waals surface area contributed by atoms with E-state index in [1.807, 2.05) is 7.05 Å². The van der Waals surface area contributed by atoms with Gasteiger partial charge in [0, 0.05) is 17.0 Å². The lowest BCUT2D eigenvalue weighted by atomic mass is 10.1. The zero-order valence-electron chi connectivity index (χ0n) is 11.1. The SMILES string of the molecule is Cc1cc2oc(=O)cc(C[NH+](C)CCO)c2cc1O. The Labute approximate surface area is 110 Å². The number of aromatic hydroxyl groups is 1. The third-order valence-corrected chi connectivity index (χ3v) is 3.18. The fraction of sp³-hybridized carbons (Fsp3) is 0.357. The summed E-state index contributed by atoms with van der Waals surface area (Å²) in [5, 5.41) is 19.4. The minimum Gasteiger partial charge on any atom is -0.508 e. The number of phenols is 1. The fourth-order valence-electron chi connectivity index (χ4n) is 2.11. The smallest absolute Gasteiger partial charge is 0.336 e. The summed E-state index contributed by atoms with van der Waals surface area (Å²) in [5.74, 6) is 0.183. The van der Waals surface area contributed by atoms with Gasteiger partial charge in [-0.2, -0.15) is 0 Å². The maximum Gasteiger partial charge on any atom is 0.336 e. The van der Waals surface area contributed by atoms with Crippen molar-refractivity contribution in [2.75, 3.05) is 20.2 Å². The number of fused-ring (bicyclic) bond motifs is 1. The molecular weight excluding hydrogens is 246 g/mol. The predicted octanol–water partition coefficient (Wildman–Crippen LogP) is -0.186. The van der Waals surface area contributed by atoms with Gasteiger partial charge in [-0.15, -0.1) is 0 Å². The van der Waals surface area contributed by atoms with E-state index in [4.69, 9.17) is 9.52 Å². The molecule has 0 aliphatic carbocycles. The highest BCUT2D eigenvalue weighted by Gasteiger charge is 2.12. The predicted molar refractivity (Wildman–Crippen MR) is 71.4 cm³/mol. The molecule has 0 amide bonds. The molecule has 1 atom stereocenters. The minimum atomic E-state index is -0.399. The Hall–Kier alpha value is -1.85. The first-order chi connectivity index (χ1) is 9.01. The van der Waals surface area contributed by atoms with Gasteiger partial charge in [-0.1, -0.05) is 0 Å². The highest BCUT2D eigenvalue weighted by atomic mass is 16.4. The summed E-state index contributed by atoms with van der Waals surface area (Å²) in [7, 11) is 1.94. The van der Waals surface area contributed by atoms with Crippen LogP contribution >= 0.6 is 0 Å². The van der Waals surface area contributed by atoms with E-state index in [-0.39, 0.29) is 12.4 Å². The van der Waals surface area contributed by atoms with E-state index in [1.165, 1.54) is 6.07 Å². The molecule has 0 spiro atoms. The van der Waals surface area contributed by atoms with Gasteiger partial charge in [-0.05, 0) is 24.6 Å². The van der Waals surface area contributed by atoms with Crippen molar-refractivity contribution in [2.45, 2.75) is 13.5 Å². The lowest BCUT2D eigenvalue weighted by Crippen LogP contribution is -3.08.